The Labute approximate surface area is 165 Å². The fourth-order valence-electron chi connectivity index (χ4n) is 3.08. The molecule has 0 bridgehead atoms. The van der Waals surface area contributed by atoms with Crippen molar-refractivity contribution >= 4 is 15.7 Å². The van der Waals surface area contributed by atoms with E-state index in [0.29, 0.717) is 23.6 Å². The maximum atomic E-state index is 13.1. The second-order valence-electron chi connectivity index (χ2n) is 6.83. The first-order valence-electron chi connectivity index (χ1n) is 9.20. The van der Waals surface area contributed by atoms with E-state index in [9.17, 15) is 12.8 Å². The van der Waals surface area contributed by atoms with Crippen molar-refractivity contribution in [2.45, 2.75) is 45.1 Å². The molecule has 0 atom stereocenters. The molecule has 0 aliphatic carbocycles. The van der Waals surface area contributed by atoms with Crippen LogP contribution in [0, 0.1) is 19.7 Å². The summed E-state index contributed by atoms with van der Waals surface area (Å²) in [5.41, 5.74) is 3.76. The molecule has 0 saturated carbocycles. The Morgan fingerprint density at radius 3 is 2.21 bits per heavy atom. The van der Waals surface area contributed by atoms with Gasteiger partial charge in [0.2, 0.25) is 0 Å². The van der Waals surface area contributed by atoms with Gasteiger partial charge in [-0.15, -0.1) is 0 Å². The predicted octanol–water partition coefficient (Wildman–Crippen LogP) is 4.44. The Hall–Kier alpha value is -2.67. The summed E-state index contributed by atoms with van der Waals surface area (Å²) >= 11 is 0. The lowest BCUT2D eigenvalue weighted by atomic mass is 10.1. The Morgan fingerprint density at radius 1 is 1.00 bits per heavy atom. The normalized spacial score (nSPS) is 11.6. The number of anilines is 1. The van der Waals surface area contributed by atoms with Crippen molar-refractivity contribution in [1.82, 2.24) is 9.78 Å². The largest absolute Gasteiger partial charge is 0.276 e. The number of halogens is 1. The minimum atomic E-state index is -3.71. The number of rotatable bonds is 7. The number of aryl methyl sites for hydroxylation is 2. The van der Waals surface area contributed by atoms with E-state index in [1.807, 2.05) is 19.1 Å². The molecule has 0 fully saturated rings. The van der Waals surface area contributed by atoms with Crippen LogP contribution in [0.15, 0.2) is 53.4 Å². The van der Waals surface area contributed by atoms with Crippen molar-refractivity contribution in [3.05, 3.63) is 76.9 Å². The zero-order valence-electron chi connectivity index (χ0n) is 16.2. The first-order chi connectivity index (χ1) is 13.3. The fraction of sp³-hybridized carbons (Fsp3) is 0.286. The van der Waals surface area contributed by atoms with Crippen LogP contribution in [0.25, 0.3) is 0 Å². The molecule has 0 aliphatic heterocycles. The summed E-state index contributed by atoms with van der Waals surface area (Å²) in [4.78, 5) is 0.220. The van der Waals surface area contributed by atoms with Gasteiger partial charge in [0.25, 0.3) is 10.0 Å². The van der Waals surface area contributed by atoms with Gasteiger partial charge in [0, 0.05) is 0 Å². The molecule has 7 heteroatoms. The average molecular weight is 402 g/mol. The van der Waals surface area contributed by atoms with Crippen LogP contribution >= 0.6 is 0 Å². The van der Waals surface area contributed by atoms with Gasteiger partial charge in [0.05, 0.1) is 28.5 Å². The number of hydrogen-bond donors (Lipinski definition) is 1. The van der Waals surface area contributed by atoms with E-state index in [0.717, 1.165) is 24.0 Å². The second-order valence-corrected chi connectivity index (χ2v) is 8.51. The number of nitrogens with one attached hydrogen (secondary N) is 1. The van der Waals surface area contributed by atoms with Crippen molar-refractivity contribution in [3.63, 3.8) is 0 Å². The Kier molecular flexibility index (Phi) is 5.84. The Morgan fingerprint density at radius 2 is 1.61 bits per heavy atom. The van der Waals surface area contributed by atoms with E-state index in [1.165, 1.54) is 12.1 Å². The van der Waals surface area contributed by atoms with Crippen molar-refractivity contribution < 1.29 is 12.8 Å². The van der Waals surface area contributed by atoms with Crippen LogP contribution in [0.4, 0.5) is 10.1 Å². The molecule has 3 aromatic rings. The van der Waals surface area contributed by atoms with Gasteiger partial charge in [-0.2, -0.15) is 5.10 Å². The molecule has 1 aromatic heterocycles. The average Bonchev–Trinajstić information content (AvgIpc) is 2.91. The monoisotopic (exact) mass is 401 g/mol. The summed E-state index contributed by atoms with van der Waals surface area (Å²) in [7, 11) is -3.71. The number of hydrogen-bond acceptors (Lipinski definition) is 3. The highest BCUT2D eigenvalue weighted by Gasteiger charge is 2.20. The number of sulfonamides is 1. The molecule has 0 radical (unpaired) electrons. The van der Waals surface area contributed by atoms with E-state index in [-0.39, 0.29) is 10.7 Å². The third-order valence-corrected chi connectivity index (χ3v) is 6.00. The summed E-state index contributed by atoms with van der Waals surface area (Å²) in [5, 5.41) is 4.44. The van der Waals surface area contributed by atoms with Crippen molar-refractivity contribution in [3.8, 4) is 0 Å². The van der Waals surface area contributed by atoms with Crippen molar-refractivity contribution in [2.75, 3.05) is 4.72 Å². The van der Waals surface area contributed by atoms with Crippen LogP contribution in [0.5, 0.6) is 0 Å². The summed E-state index contributed by atoms with van der Waals surface area (Å²) in [5.74, 6) is -0.296. The summed E-state index contributed by atoms with van der Waals surface area (Å²) in [6, 6.07) is 13.1. The van der Waals surface area contributed by atoms with E-state index in [4.69, 9.17) is 0 Å². The minimum absolute atomic E-state index is 0.220. The zero-order chi connectivity index (χ0) is 20.3. The van der Waals surface area contributed by atoms with Gasteiger partial charge in [0.1, 0.15) is 5.82 Å². The van der Waals surface area contributed by atoms with Gasteiger partial charge < -0.3 is 0 Å². The molecule has 5 nitrogen and oxygen atoms in total. The smallest absolute Gasteiger partial charge is 0.262 e. The summed E-state index contributed by atoms with van der Waals surface area (Å²) < 4.78 is 43.0. The lowest BCUT2D eigenvalue weighted by Crippen LogP contribution is -2.14. The third-order valence-electron chi connectivity index (χ3n) is 4.64. The minimum Gasteiger partial charge on any atom is -0.276 e. The predicted molar refractivity (Wildman–Crippen MR) is 108 cm³/mol. The number of aromatic nitrogens is 2. The topological polar surface area (TPSA) is 64.0 Å². The van der Waals surface area contributed by atoms with Gasteiger partial charge in [-0.3, -0.25) is 9.40 Å². The first-order valence-corrected chi connectivity index (χ1v) is 10.7. The lowest BCUT2D eigenvalue weighted by molar-refractivity contribution is 0.601. The van der Waals surface area contributed by atoms with E-state index < -0.39 is 10.0 Å². The third kappa shape index (κ3) is 4.42. The molecule has 28 heavy (non-hydrogen) atoms. The molecule has 1 heterocycles. The highest BCUT2D eigenvalue weighted by molar-refractivity contribution is 7.92. The van der Waals surface area contributed by atoms with E-state index in [1.54, 1.807) is 35.9 Å². The number of nitrogens with zero attached hydrogens (tertiary/aromatic N) is 2. The number of benzene rings is 2. The molecule has 0 aliphatic rings. The standard InChI is InChI=1S/C21H24FN3O2S/c1-4-5-17-8-12-20(13-9-17)28(26,27)24-21-15(2)23-25(16(21)3)14-18-6-10-19(22)11-7-18/h6-13,24H,4-5,14H2,1-3H3. The summed E-state index contributed by atoms with van der Waals surface area (Å²) in [6.07, 6.45) is 1.93. The van der Waals surface area contributed by atoms with Crippen LogP contribution in [-0.2, 0) is 23.0 Å². The van der Waals surface area contributed by atoms with Crippen LogP contribution in [0.2, 0.25) is 0 Å². The van der Waals surface area contributed by atoms with Gasteiger partial charge in [-0.05, 0) is 55.7 Å². The molecule has 0 unspecified atom stereocenters. The molecular formula is C21H24FN3O2S. The molecule has 148 valence electrons. The van der Waals surface area contributed by atoms with E-state index in [2.05, 4.69) is 16.7 Å². The molecular weight excluding hydrogens is 377 g/mol. The maximum Gasteiger partial charge on any atom is 0.262 e. The molecule has 0 saturated heterocycles. The van der Waals surface area contributed by atoms with E-state index >= 15 is 0 Å². The quantitative estimate of drug-likeness (QED) is 0.637. The highest BCUT2D eigenvalue weighted by Crippen LogP contribution is 2.24. The van der Waals surface area contributed by atoms with Crippen LogP contribution in [0.1, 0.15) is 35.9 Å². The van der Waals surface area contributed by atoms with Crippen molar-refractivity contribution in [2.24, 2.45) is 0 Å². The van der Waals surface area contributed by atoms with Crippen molar-refractivity contribution in [1.29, 1.82) is 0 Å². The van der Waals surface area contributed by atoms with Crippen LogP contribution in [0.3, 0.4) is 0 Å². The fourth-order valence-corrected chi connectivity index (χ4v) is 4.25. The van der Waals surface area contributed by atoms with Crippen LogP contribution in [-0.4, -0.2) is 18.2 Å². The zero-order valence-corrected chi connectivity index (χ0v) is 17.1. The molecule has 3 rings (SSSR count). The summed E-state index contributed by atoms with van der Waals surface area (Å²) in [6.45, 7) is 6.09. The lowest BCUT2D eigenvalue weighted by Gasteiger charge is -2.10. The van der Waals surface area contributed by atoms with Gasteiger partial charge in [-0.25, -0.2) is 12.8 Å². The molecule has 0 spiro atoms. The van der Waals surface area contributed by atoms with Gasteiger partial charge in [-0.1, -0.05) is 37.6 Å². The van der Waals surface area contributed by atoms with Gasteiger partial charge in [0.15, 0.2) is 0 Å². The molecule has 0 amide bonds. The second kappa shape index (κ2) is 8.14. The SMILES string of the molecule is CCCc1ccc(S(=O)(=O)Nc2c(C)nn(Cc3ccc(F)cc3)c2C)cc1. The first kappa shape index (κ1) is 20.1. The maximum absolute atomic E-state index is 13.1. The van der Waals surface area contributed by atoms with Crippen LogP contribution < -0.4 is 4.72 Å². The highest BCUT2D eigenvalue weighted by atomic mass is 32.2. The molecule has 1 N–H and O–H groups in total. The Bertz CT molecular complexity index is 1060. The van der Waals surface area contributed by atoms with Gasteiger partial charge >= 0.3 is 0 Å². The molecule has 2 aromatic carbocycles. The Balaban J connectivity index is 1.83.